The minimum atomic E-state index is 0.0594. The average Bonchev–Trinajstić information content (AvgIpc) is 3.00. The zero-order valence-electron chi connectivity index (χ0n) is 27.4. The van der Waals surface area contributed by atoms with Gasteiger partial charge in [0.2, 0.25) is 11.8 Å². The molecular formula is C35H65N5O2. The molecule has 1 aromatic heterocycles. The molecule has 0 saturated carbocycles. The van der Waals surface area contributed by atoms with Gasteiger partial charge in [-0.2, -0.15) is 0 Å². The molecule has 0 bridgehead atoms. The molecule has 7 heteroatoms. The number of hydrogen-bond acceptors (Lipinski definition) is 5. The topological polar surface area (TPSA) is 86.4 Å². The van der Waals surface area contributed by atoms with Crippen LogP contribution in [0.2, 0.25) is 0 Å². The highest BCUT2D eigenvalue weighted by molar-refractivity contribution is 5.76. The van der Waals surface area contributed by atoms with Gasteiger partial charge in [0.05, 0.1) is 0 Å². The van der Waals surface area contributed by atoms with Crippen LogP contribution in [0.4, 0.5) is 5.82 Å². The SMILES string of the molecule is CCCCCCCCCCCCNC(=O)CCN(CCC(=O)NCCCCCCCCCCCC)Nc1ccccn1. The zero-order chi connectivity index (χ0) is 30.4. The van der Waals surface area contributed by atoms with Crippen LogP contribution >= 0.6 is 0 Å². The van der Waals surface area contributed by atoms with Gasteiger partial charge < -0.3 is 16.1 Å². The van der Waals surface area contributed by atoms with Crippen LogP contribution in [-0.4, -0.2) is 48.0 Å². The number of aromatic nitrogens is 1. The fraction of sp³-hybridized carbons (Fsp3) is 0.800. The first-order chi connectivity index (χ1) is 20.7. The van der Waals surface area contributed by atoms with E-state index in [0.29, 0.717) is 31.7 Å². The Balaban J connectivity index is 2.17. The minimum absolute atomic E-state index is 0.0594. The van der Waals surface area contributed by atoms with E-state index in [1.807, 2.05) is 23.2 Å². The summed E-state index contributed by atoms with van der Waals surface area (Å²) in [6.45, 7) is 7.04. The first kappa shape index (κ1) is 37.9. The van der Waals surface area contributed by atoms with Gasteiger partial charge in [0.1, 0.15) is 5.82 Å². The zero-order valence-corrected chi connectivity index (χ0v) is 27.4. The summed E-state index contributed by atoms with van der Waals surface area (Å²) in [4.78, 5) is 29.3. The van der Waals surface area contributed by atoms with Gasteiger partial charge in [0, 0.05) is 45.2 Å². The highest BCUT2D eigenvalue weighted by Crippen LogP contribution is 2.11. The minimum Gasteiger partial charge on any atom is -0.356 e. The summed E-state index contributed by atoms with van der Waals surface area (Å²) in [5, 5.41) is 8.07. The van der Waals surface area contributed by atoms with Gasteiger partial charge in [-0.1, -0.05) is 135 Å². The van der Waals surface area contributed by atoms with Crippen LogP contribution in [0, 0.1) is 0 Å². The Hall–Kier alpha value is -2.15. The predicted octanol–water partition coefficient (Wildman–Crippen LogP) is 8.56. The fourth-order valence-corrected chi connectivity index (χ4v) is 5.14. The number of rotatable bonds is 30. The smallest absolute Gasteiger partial charge is 0.221 e. The number of pyridine rings is 1. The Kier molecular flexibility index (Phi) is 26.1. The Labute approximate surface area is 258 Å². The summed E-state index contributed by atoms with van der Waals surface area (Å²) < 4.78 is 0. The number of unbranched alkanes of at least 4 members (excludes halogenated alkanes) is 18. The van der Waals surface area contributed by atoms with Crippen molar-refractivity contribution in [2.45, 2.75) is 155 Å². The van der Waals surface area contributed by atoms with E-state index in [-0.39, 0.29) is 11.8 Å². The Bertz CT molecular complexity index is 704. The van der Waals surface area contributed by atoms with Crippen molar-refractivity contribution in [3.8, 4) is 0 Å². The molecule has 0 aliphatic heterocycles. The highest BCUT2D eigenvalue weighted by atomic mass is 16.2. The molecule has 1 aromatic rings. The van der Waals surface area contributed by atoms with Gasteiger partial charge in [0.25, 0.3) is 0 Å². The van der Waals surface area contributed by atoms with Crippen molar-refractivity contribution < 1.29 is 9.59 Å². The van der Waals surface area contributed by atoms with E-state index < -0.39 is 0 Å². The maximum absolute atomic E-state index is 12.5. The molecule has 0 atom stereocenters. The second-order valence-electron chi connectivity index (χ2n) is 11.9. The Morgan fingerprint density at radius 1 is 0.595 bits per heavy atom. The van der Waals surface area contributed by atoms with E-state index >= 15 is 0 Å². The molecule has 0 aliphatic carbocycles. The molecule has 1 heterocycles. The van der Waals surface area contributed by atoms with Crippen LogP contribution in [0.3, 0.4) is 0 Å². The average molecular weight is 588 g/mol. The highest BCUT2D eigenvalue weighted by Gasteiger charge is 2.11. The second kappa shape index (κ2) is 28.9. The molecule has 0 radical (unpaired) electrons. The third kappa shape index (κ3) is 24.4. The monoisotopic (exact) mass is 588 g/mol. The number of nitrogens with zero attached hydrogens (tertiary/aromatic N) is 2. The van der Waals surface area contributed by atoms with Crippen molar-refractivity contribution >= 4 is 17.6 Å². The number of nitrogens with one attached hydrogen (secondary N) is 3. The van der Waals surface area contributed by atoms with E-state index in [0.717, 1.165) is 25.9 Å². The summed E-state index contributed by atoms with van der Waals surface area (Å²) in [6.07, 6.45) is 28.3. The first-order valence-electron chi connectivity index (χ1n) is 17.6. The van der Waals surface area contributed by atoms with Gasteiger partial charge in [0.15, 0.2) is 0 Å². The molecule has 1 rings (SSSR count). The molecule has 0 fully saturated rings. The molecule has 42 heavy (non-hydrogen) atoms. The predicted molar refractivity (Wildman–Crippen MR) is 178 cm³/mol. The lowest BCUT2D eigenvalue weighted by atomic mass is 10.1. The standard InChI is InChI=1S/C35H65N5O2/c1-3-5-7-9-11-13-15-17-19-22-29-37-34(41)26-31-40(39-33-25-21-24-28-36-33)32-27-35(42)38-30-23-20-18-16-14-12-10-8-6-4-2/h21,24-25,28H,3-20,22-23,26-27,29-32H2,1-2H3,(H,36,39)(H,37,41)(H,38,42). The second-order valence-corrected chi connectivity index (χ2v) is 11.9. The van der Waals surface area contributed by atoms with Crippen LogP contribution in [0.15, 0.2) is 24.4 Å². The fourth-order valence-electron chi connectivity index (χ4n) is 5.14. The summed E-state index contributed by atoms with van der Waals surface area (Å²) in [6, 6.07) is 5.69. The van der Waals surface area contributed by atoms with Crippen molar-refractivity contribution in [2.75, 3.05) is 31.6 Å². The molecule has 3 N–H and O–H groups in total. The van der Waals surface area contributed by atoms with Crippen LogP contribution in [0.25, 0.3) is 0 Å². The van der Waals surface area contributed by atoms with Gasteiger partial charge >= 0.3 is 0 Å². The third-order valence-electron chi connectivity index (χ3n) is 7.86. The maximum atomic E-state index is 12.5. The quantitative estimate of drug-likeness (QED) is 0.0620. The Morgan fingerprint density at radius 2 is 1.00 bits per heavy atom. The van der Waals surface area contributed by atoms with Crippen LogP contribution in [0.1, 0.15) is 155 Å². The normalized spacial score (nSPS) is 11.1. The third-order valence-corrected chi connectivity index (χ3v) is 7.86. The molecule has 0 saturated heterocycles. The molecular weight excluding hydrogens is 522 g/mol. The van der Waals surface area contributed by atoms with E-state index in [1.54, 1.807) is 6.20 Å². The summed E-state index contributed by atoms with van der Waals surface area (Å²) >= 11 is 0. The van der Waals surface area contributed by atoms with Crippen molar-refractivity contribution in [1.82, 2.24) is 20.6 Å². The molecule has 0 spiro atoms. The van der Waals surface area contributed by atoms with Crippen molar-refractivity contribution in [2.24, 2.45) is 0 Å². The van der Waals surface area contributed by atoms with Crippen LogP contribution in [0.5, 0.6) is 0 Å². The number of carbonyl (C=O) groups excluding carboxylic acids is 2. The van der Waals surface area contributed by atoms with Crippen LogP contribution < -0.4 is 16.1 Å². The van der Waals surface area contributed by atoms with Gasteiger partial charge in [-0.05, 0) is 25.0 Å². The molecule has 0 aromatic carbocycles. The largest absolute Gasteiger partial charge is 0.356 e. The number of hydrazine groups is 1. The van der Waals surface area contributed by atoms with Gasteiger partial charge in [-0.15, -0.1) is 0 Å². The summed E-state index contributed by atoms with van der Waals surface area (Å²) in [7, 11) is 0. The first-order valence-corrected chi connectivity index (χ1v) is 17.6. The van der Waals surface area contributed by atoms with Crippen molar-refractivity contribution in [3.63, 3.8) is 0 Å². The molecule has 7 nitrogen and oxygen atoms in total. The molecule has 0 aliphatic rings. The van der Waals surface area contributed by atoms with Crippen molar-refractivity contribution in [1.29, 1.82) is 0 Å². The Morgan fingerprint density at radius 3 is 1.38 bits per heavy atom. The maximum Gasteiger partial charge on any atom is 0.221 e. The number of carbonyl (C=O) groups is 2. The molecule has 2 amide bonds. The molecule has 242 valence electrons. The lowest BCUT2D eigenvalue weighted by Gasteiger charge is -2.23. The summed E-state index contributed by atoms with van der Waals surface area (Å²) in [5.41, 5.74) is 3.28. The lowest BCUT2D eigenvalue weighted by Crippen LogP contribution is -2.38. The number of anilines is 1. The van der Waals surface area contributed by atoms with E-state index in [2.05, 4.69) is 34.9 Å². The van der Waals surface area contributed by atoms with Crippen molar-refractivity contribution in [3.05, 3.63) is 24.4 Å². The van der Waals surface area contributed by atoms with E-state index in [4.69, 9.17) is 0 Å². The van der Waals surface area contributed by atoms with E-state index in [9.17, 15) is 9.59 Å². The van der Waals surface area contributed by atoms with Gasteiger partial charge in [-0.25, -0.2) is 9.99 Å². The van der Waals surface area contributed by atoms with Crippen LogP contribution in [-0.2, 0) is 9.59 Å². The van der Waals surface area contributed by atoms with Gasteiger partial charge in [-0.3, -0.25) is 9.59 Å². The molecule has 0 unspecified atom stereocenters. The summed E-state index contributed by atoms with van der Waals surface area (Å²) in [5.74, 6) is 0.836. The van der Waals surface area contributed by atoms with E-state index in [1.165, 1.54) is 116 Å². The number of hydrogen-bond donors (Lipinski definition) is 3. The lowest BCUT2D eigenvalue weighted by molar-refractivity contribution is -0.121. The number of amides is 2.